The zero-order chi connectivity index (χ0) is 14.7. The monoisotopic (exact) mass is 337 g/mol. The van der Waals surface area contributed by atoms with Crippen LogP contribution in [0.15, 0.2) is 46.9 Å². The molecule has 0 fully saturated rings. The molecule has 0 aliphatic rings. The number of rotatable bonds is 4. The van der Waals surface area contributed by atoms with Gasteiger partial charge in [0.2, 0.25) is 5.75 Å². The van der Waals surface area contributed by atoms with Crippen molar-refractivity contribution in [2.24, 2.45) is 0 Å². The van der Waals surface area contributed by atoms with Crippen molar-refractivity contribution in [3.63, 3.8) is 0 Å². The lowest BCUT2D eigenvalue weighted by molar-refractivity contribution is -0.385. The molecule has 0 bridgehead atoms. The van der Waals surface area contributed by atoms with Crippen LogP contribution in [0.2, 0.25) is 0 Å². The summed E-state index contributed by atoms with van der Waals surface area (Å²) in [5.41, 5.74) is 0.435. The van der Waals surface area contributed by atoms with Gasteiger partial charge in [-0.05, 0) is 25.1 Å². The second-order valence-electron chi connectivity index (χ2n) is 4.19. The van der Waals surface area contributed by atoms with E-state index in [4.69, 9.17) is 4.74 Å². The summed E-state index contributed by atoms with van der Waals surface area (Å²) in [4.78, 5) is 10.5. The Kier molecular flexibility index (Phi) is 4.36. The van der Waals surface area contributed by atoms with Crippen LogP contribution in [0.1, 0.15) is 18.6 Å². The average Bonchev–Trinajstić information content (AvgIpc) is 2.41. The fourth-order valence-corrected chi connectivity index (χ4v) is 2.11. The van der Waals surface area contributed by atoms with E-state index in [0.29, 0.717) is 15.8 Å². The van der Waals surface area contributed by atoms with Crippen LogP contribution < -0.4 is 4.74 Å². The van der Waals surface area contributed by atoms with E-state index in [1.807, 2.05) is 0 Å². The van der Waals surface area contributed by atoms with Crippen molar-refractivity contribution >= 4 is 21.6 Å². The highest BCUT2D eigenvalue weighted by molar-refractivity contribution is 9.10. The Bertz CT molecular complexity index is 643. The Balaban J connectivity index is 2.43. The predicted octanol–water partition coefficient (Wildman–Crippen LogP) is 4.20. The van der Waals surface area contributed by atoms with Crippen LogP contribution in [0.3, 0.4) is 0 Å². The van der Waals surface area contributed by atoms with E-state index in [9.17, 15) is 15.2 Å². The summed E-state index contributed by atoms with van der Waals surface area (Å²) in [6.45, 7) is 1.61. The molecule has 2 rings (SSSR count). The summed E-state index contributed by atoms with van der Waals surface area (Å²) in [5.74, 6) is 0.527. The molecule has 1 N–H and O–H groups in total. The Morgan fingerprint density at radius 1 is 1.25 bits per heavy atom. The van der Waals surface area contributed by atoms with Crippen molar-refractivity contribution in [1.82, 2.24) is 0 Å². The molecule has 0 heterocycles. The number of aliphatic hydroxyl groups excluding tert-OH is 1. The molecule has 0 aliphatic heterocycles. The number of ether oxygens (including phenoxy) is 1. The van der Waals surface area contributed by atoms with Crippen molar-refractivity contribution in [2.75, 3.05) is 0 Å². The summed E-state index contributed by atoms with van der Waals surface area (Å²) < 4.78 is 6.19. The normalized spacial score (nSPS) is 11.9. The number of nitrogens with zero attached hydrogens (tertiary/aromatic N) is 1. The van der Waals surface area contributed by atoms with Gasteiger partial charge in [0.25, 0.3) is 0 Å². The van der Waals surface area contributed by atoms with Gasteiger partial charge in [-0.3, -0.25) is 10.1 Å². The molecule has 1 atom stereocenters. The van der Waals surface area contributed by atoms with Crippen LogP contribution in [0.5, 0.6) is 11.5 Å². The number of hydrogen-bond donors (Lipinski definition) is 1. The summed E-state index contributed by atoms with van der Waals surface area (Å²) in [6, 6.07) is 11.4. The smallest absolute Gasteiger partial charge is 0.312 e. The molecule has 2 aromatic rings. The number of nitro groups is 1. The van der Waals surface area contributed by atoms with E-state index in [0.717, 1.165) is 0 Å². The first-order valence-electron chi connectivity index (χ1n) is 5.88. The average molecular weight is 338 g/mol. The second-order valence-corrected chi connectivity index (χ2v) is 5.10. The number of hydrogen-bond acceptors (Lipinski definition) is 4. The summed E-state index contributed by atoms with van der Waals surface area (Å²) in [5, 5.41) is 20.7. The fraction of sp³-hybridized carbons (Fsp3) is 0.143. The maximum Gasteiger partial charge on any atom is 0.312 e. The molecular formula is C14H12BrNO4. The van der Waals surface area contributed by atoms with Crippen molar-refractivity contribution in [3.05, 3.63) is 62.6 Å². The van der Waals surface area contributed by atoms with Crippen molar-refractivity contribution in [2.45, 2.75) is 13.0 Å². The van der Waals surface area contributed by atoms with Gasteiger partial charge >= 0.3 is 5.69 Å². The maximum absolute atomic E-state index is 11.0. The zero-order valence-electron chi connectivity index (χ0n) is 10.6. The van der Waals surface area contributed by atoms with E-state index in [-0.39, 0.29) is 11.4 Å². The third kappa shape index (κ3) is 3.15. The SMILES string of the molecule is C[C@@H](O)c1ccccc1Oc1ccc(Br)cc1[N+](=O)[O-]. The van der Waals surface area contributed by atoms with E-state index in [1.54, 1.807) is 37.3 Å². The van der Waals surface area contributed by atoms with Crippen LogP contribution in [0.4, 0.5) is 5.69 Å². The lowest BCUT2D eigenvalue weighted by Crippen LogP contribution is -1.98. The molecule has 6 heteroatoms. The molecule has 5 nitrogen and oxygen atoms in total. The number of benzene rings is 2. The molecule has 0 radical (unpaired) electrons. The largest absolute Gasteiger partial charge is 0.450 e. The number of halogens is 1. The Morgan fingerprint density at radius 3 is 2.60 bits per heavy atom. The molecule has 0 aromatic heterocycles. The first-order valence-corrected chi connectivity index (χ1v) is 6.67. The number of aliphatic hydroxyl groups is 1. The van der Waals surface area contributed by atoms with Gasteiger partial charge in [0.15, 0.2) is 0 Å². The van der Waals surface area contributed by atoms with Gasteiger partial charge in [-0.15, -0.1) is 0 Å². The van der Waals surface area contributed by atoms with E-state index in [2.05, 4.69) is 15.9 Å². The predicted molar refractivity (Wildman–Crippen MR) is 77.9 cm³/mol. The fourth-order valence-electron chi connectivity index (χ4n) is 1.76. The van der Waals surface area contributed by atoms with Crippen LogP contribution >= 0.6 is 15.9 Å². The highest BCUT2D eigenvalue weighted by atomic mass is 79.9. The van der Waals surface area contributed by atoms with E-state index in [1.165, 1.54) is 12.1 Å². The minimum atomic E-state index is -0.722. The van der Waals surface area contributed by atoms with Crippen molar-refractivity contribution in [3.8, 4) is 11.5 Å². The van der Waals surface area contributed by atoms with E-state index < -0.39 is 11.0 Å². The van der Waals surface area contributed by atoms with Gasteiger partial charge in [0.05, 0.1) is 11.0 Å². The van der Waals surface area contributed by atoms with Crippen LogP contribution in [-0.4, -0.2) is 10.0 Å². The van der Waals surface area contributed by atoms with Gasteiger partial charge in [-0.25, -0.2) is 0 Å². The summed E-state index contributed by atoms with van der Waals surface area (Å²) in [7, 11) is 0. The van der Waals surface area contributed by atoms with Crippen LogP contribution in [-0.2, 0) is 0 Å². The molecule has 0 amide bonds. The summed E-state index contributed by atoms with van der Waals surface area (Å²) >= 11 is 3.19. The molecule has 0 saturated heterocycles. The van der Waals surface area contributed by atoms with Gasteiger partial charge in [0.1, 0.15) is 5.75 Å². The standard InChI is InChI=1S/C14H12BrNO4/c1-9(17)11-4-2-3-5-13(11)20-14-7-6-10(15)8-12(14)16(18)19/h2-9,17H,1H3/t9-/m1/s1. The number of para-hydroxylation sites is 1. The van der Waals surface area contributed by atoms with E-state index >= 15 is 0 Å². The third-order valence-corrected chi connectivity index (χ3v) is 3.20. The lowest BCUT2D eigenvalue weighted by Gasteiger charge is -2.13. The first-order chi connectivity index (χ1) is 9.49. The quantitative estimate of drug-likeness (QED) is 0.670. The molecule has 0 unspecified atom stereocenters. The molecule has 0 saturated carbocycles. The third-order valence-electron chi connectivity index (χ3n) is 2.71. The molecule has 2 aromatic carbocycles. The Hall–Kier alpha value is -1.92. The molecular weight excluding hydrogens is 326 g/mol. The minimum Gasteiger partial charge on any atom is -0.450 e. The van der Waals surface area contributed by atoms with Gasteiger partial charge in [0, 0.05) is 16.1 Å². The van der Waals surface area contributed by atoms with Crippen LogP contribution in [0, 0.1) is 10.1 Å². The Labute approximate surface area is 124 Å². The van der Waals surface area contributed by atoms with Gasteiger partial charge in [-0.1, -0.05) is 34.1 Å². The van der Waals surface area contributed by atoms with Crippen molar-refractivity contribution in [1.29, 1.82) is 0 Å². The van der Waals surface area contributed by atoms with Crippen LogP contribution in [0.25, 0.3) is 0 Å². The second kappa shape index (κ2) is 6.02. The topological polar surface area (TPSA) is 72.6 Å². The number of nitro benzene ring substituents is 1. The Morgan fingerprint density at radius 2 is 1.95 bits per heavy atom. The lowest BCUT2D eigenvalue weighted by atomic mass is 10.1. The van der Waals surface area contributed by atoms with Crippen molar-refractivity contribution < 1.29 is 14.8 Å². The first kappa shape index (κ1) is 14.5. The van der Waals surface area contributed by atoms with Gasteiger partial charge in [-0.2, -0.15) is 0 Å². The molecule has 0 spiro atoms. The molecule has 20 heavy (non-hydrogen) atoms. The minimum absolute atomic E-state index is 0.131. The molecule has 0 aliphatic carbocycles. The highest BCUT2D eigenvalue weighted by Crippen LogP contribution is 2.36. The highest BCUT2D eigenvalue weighted by Gasteiger charge is 2.18. The maximum atomic E-state index is 11.0. The zero-order valence-corrected chi connectivity index (χ0v) is 12.2. The summed E-state index contributed by atoms with van der Waals surface area (Å²) in [6.07, 6.45) is -0.722. The van der Waals surface area contributed by atoms with Gasteiger partial charge < -0.3 is 9.84 Å². The molecule has 104 valence electrons.